The average Bonchev–Trinajstić information content (AvgIpc) is 2.78. The highest BCUT2D eigenvalue weighted by Gasteiger charge is 2.48. The SMILES string of the molecule is CC[C@@H](CS(=O)(=O)C(C)(C)C)N1C(=O)[C@@H](CC(N)=O)O[C@H](c2cccc(Cl)c2)[C@H]1c1ccc(Cl)cc1. The second-order valence-electron chi connectivity index (χ2n) is 9.97. The molecule has 2 N–H and O–H groups in total. The Kier molecular flexibility index (Phi) is 8.76. The third kappa shape index (κ3) is 6.22. The maximum absolute atomic E-state index is 13.8. The number of benzene rings is 2. The summed E-state index contributed by atoms with van der Waals surface area (Å²) >= 11 is 12.4. The minimum atomic E-state index is -3.59. The van der Waals surface area contributed by atoms with Crippen LogP contribution in [-0.2, 0) is 24.2 Å². The number of carbonyl (C=O) groups excluding carboxylic acids is 2. The number of hydrogen-bond acceptors (Lipinski definition) is 5. The summed E-state index contributed by atoms with van der Waals surface area (Å²) in [6.45, 7) is 6.74. The van der Waals surface area contributed by atoms with E-state index in [1.165, 1.54) is 0 Å². The Morgan fingerprint density at radius 1 is 1.08 bits per heavy atom. The normalized spacial score (nSPS) is 21.9. The molecule has 7 nitrogen and oxygen atoms in total. The van der Waals surface area contributed by atoms with E-state index in [4.69, 9.17) is 33.7 Å². The van der Waals surface area contributed by atoms with E-state index in [0.29, 0.717) is 27.6 Å². The van der Waals surface area contributed by atoms with Gasteiger partial charge in [0.1, 0.15) is 12.2 Å². The van der Waals surface area contributed by atoms with Crippen LogP contribution < -0.4 is 5.73 Å². The highest BCUT2D eigenvalue weighted by atomic mass is 35.5. The molecule has 36 heavy (non-hydrogen) atoms. The highest BCUT2D eigenvalue weighted by molar-refractivity contribution is 7.92. The fraction of sp³-hybridized carbons (Fsp3) is 0.462. The van der Waals surface area contributed by atoms with Crippen molar-refractivity contribution < 1.29 is 22.7 Å². The van der Waals surface area contributed by atoms with Crippen LogP contribution in [-0.4, -0.2) is 47.8 Å². The fourth-order valence-electron chi connectivity index (χ4n) is 4.32. The lowest BCUT2D eigenvalue weighted by molar-refractivity contribution is -0.180. The smallest absolute Gasteiger partial charge is 0.253 e. The Morgan fingerprint density at radius 3 is 2.25 bits per heavy atom. The van der Waals surface area contributed by atoms with Gasteiger partial charge in [-0.3, -0.25) is 9.59 Å². The second kappa shape index (κ2) is 11.1. The molecular weight excluding hydrogens is 523 g/mol. The third-order valence-corrected chi connectivity index (χ3v) is 9.59. The minimum absolute atomic E-state index is 0.242. The van der Waals surface area contributed by atoms with Gasteiger partial charge >= 0.3 is 0 Å². The number of rotatable bonds is 8. The van der Waals surface area contributed by atoms with Crippen LogP contribution in [0.2, 0.25) is 10.0 Å². The van der Waals surface area contributed by atoms with Crippen LogP contribution in [0.3, 0.4) is 0 Å². The van der Waals surface area contributed by atoms with Crippen LogP contribution in [0.25, 0.3) is 0 Å². The minimum Gasteiger partial charge on any atom is -0.370 e. The van der Waals surface area contributed by atoms with E-state index < -0.39 is 50.7 Å². The Bertz CT molecular complexity index is 1210. The van der Waals surface area contributed by atoms with E-state index in [9.17, 15) is 18.0 Å². The molecule has 0 aromatic heterocycles. The molecule has 10 heteroatoms. The van der Waals surface area contributed by atoms with Crippen molar-refractivity contribution in [2.24, 2.45) is 5.73 Å². The number of ether oxygens (including phenoxy) is 1. The molecule has 0 bridgehead atoms. The summed E-state index contributed by atoms with van der Waals surface area (Å²) in [5.41, 5.74) is 6.84. The summed E-state index contributed by atoms with van der Waals surface area (Å²) in [7, 11) is -3.59. The molecule has 1 aliphatic heterocycles. The van der Waals surface area contributed by atoms with Gasteiger partial charge < -0.3 is 15.4 Å². The Balaban J connectivity index is 2.21. The van der Waals surface area contributed by atoms with Crippen molar-refractivity contribution in [3.63, 3.8) is 0 Å². The predicted octanol–water partition coefficient (Wildman–Crippen LogP) is 4.87. The third-order valence-electron chi connectivity index (χ3n) is 6.41. The first-order chi connectivity index (χ1) is 16.7. The largest absolute Gasteiger partial charge is 0.370 e. The van der Waals surface area contributed by atoms with Gasteiger partial charge in [0.15, 0.2) is 9.84 Å². The molecule has 0 saturated carbocycles. The molecule has 4 atom stereocenters. The maximum Gasteiger partial charge on any atom is 0.253 e. The van der Waals surface area contributed by atoms with Gasteiger partial charge in [-0.15, -0.1) is 0 Å². The lowest BCUT2D eigenvalue weighted by Gasteiger charge is -2.48. The molecule has 0 radical (unpaired) electrons. The molecule has 0 unspecified atom stereocenters. The van der Waals surface area contributed by atoms with Gasteiger partial charge in [0, 0.05) is 16.1 Å². The number of hydrogen-bond donors (Lipinski definition) is 1. The van der Waals surface area contributed by atoms with Crippen LogP contribution in [0.15, 0.2) is 48.5 Å². The number of nitrogens with two attached hydrogens (primary N) is 1. The van der Waals surface area contributed by atoms with E-state index >= 15 is 0 Å². The molecule has 3 rings (SSSR count). The van der Waals surface area contributed by atoms with Gasteiger partial charge in [0.25, 0.3) is 5.91 Å². The number of halogens is 2. The summed E-state index contributed by atoms with van der Waals surface area (Å²) in [6.07, 6.45) is -1.86. The van der Waals surface area contributed by atoms with E-state index in [2.05, 4.69) is 0 Å². The fourth-order valence-corrected chi connectivity index (χ4v) is 6.05. The van der Waals surface area contributed by atoms with E-state index in [1.54, 1.807) is 68.1 Å². The highest BCUT2D eigenvalue weighted by Crippen LogP contribution is 2.45. The standard InChI is InChI=1S/C26H32Cl2N2O5S/c1-5-20(15-36(33,34)26(2,3)4)30-23(16-9-11-18(27)12-10-16)24(17-7-6-8-19(28)13-17)35-21(25(30)32)14-22(29)31/h6-13,20-21,23-24H,5,14-15H2,1-4H3,(H2,29,31)/t20-,21+,23+,24+/m0/s1. The van der Waals surface area contributed by atoms with Crippen molar-refractivity contribution in [2.75, 3.05) is 5.75 Å². The zero-order valence-corrected chi connectivity index (χ0v) is 23.1. The number of carbonyl (C=O) groups is 2. The summed E-state index contributed by atoms with van der Waals surface area (Å²) in [5, 5.41) is 0.991. The molecule has 2 aromatic carbocycles. The molecule has 196 valence electrons. The first-order valence-corrected chi connectivity index (χ1v) is 14.1. The van der Waals surface area contributed by atoms with Gasteiger partial charge in [-0.25, -0.2) is 8.42 Å². The summed E-state index contributed by atoms with van der Waals surface area (Å²) in [5.74, 6) is -1.42. The Labute approximate surface area is 222 Å². The number of amides is 2. The van der Waals surface area contributed by atoms with Crippen molar-refractivity contribution in [3.05, 3.63) is 69.7 Å². The van der Waals surface area contributed by atoms with Gasteiger partial charge in [0.05, 0.1) is 23.0 Å². The molecule has 0 spiro atoms. The average molecular weight is 556 g/mol. The van der Waals surface area contributed by atoms with E-state index in [0.717, 1.165) is 0 Å². The van der Waals surface area contributed by atoms with Gasteiger partial charge in [-0.1, -0.05) is 54.4 Å². The summed E-state index contributed by atoms with van der Waals surface area (Å²) < 4.78 is 31.7. The number of primary amides is 1. The molecule has 2 amide bonds. The lowest BCUT2D eigenvalue weighted by Crippen LogP contribution is -2.57. The summed E-state index contributed by atoms with van der Waals surface area (Å²) in [4.78, 5) is 27.2. The predicted molar refractivity (Wildman–Crippen MR) is 142 cm³/mol. The topological polar surface area (TPSA) is 107 Å². The first-order valence-electron chi connectivity index (χ1n) is 11.7. The molecule has 2 aromatic rings. The maximum atomic E-state index is 13.8. The molecule has 0 aliphatic carbocycles. The molecule has 1 saturated heterocycles. The quantitative estimate of drug-likeness (QED) is 0.500. The van der Waals surface area contributed by atoms with Gasteiger partial charge in [0.2, 0.25) is 5.91 Å². The van der Waals surface area contributed by atoms with Crippen molar-refractivity contribution >= 4 is 44.9 Å². The van der Waals surface area contributed by atoms with Crippen LogP contribution in [0.5, 0.6) is 0 Å². The first kappa shape index (κ1) is 28.4. The number of nitrogens with zero attached hydrogens (tertiary/aromatic N) is 1. The Morgan fingerprint density at radius 2 is 1.72 bits per heavy atom. The van der Waals surface area contributed by atoms with Gasteiger partial charge in [-0.05, 0) is 62.6 Å². The van der Waals surface area contributed by atoms with Crippen molar-refractivity contribution in [1.82, 2.24) is 4.90 Å². The molecule has 1 heterocycles. The van der Waals surface area contributed by atoms with Crippen LogP contribution in [0.4, 0.5) is 0 Å². The lowest BCUT2D eigenvalue weighted by atomic mass is 9.89. The molecule has 1 fully saturated rings. The zero-order valence-electron chi connectivity index (χ0n) is 20.8. The van der Waals surface area contributed by atoms with E-state index in [-0.39, 0.29) is 12.2 Å². The van der Waals surface area contributed by atoms with Crippen molar-refractivity contribution in [3.8, 4) is 0 Å². The van der Waals surface area contributed by atoms with Crippen LogP contribution >= 0.6 is 23.2 Å². The van der Waals surface area contributed by atoms with E-state index in [1.807, 2.05) is 13.0 Å². The number of morpholine rings is 1. The number of sulfone groups is 1. The Hall–Kier alpha value is -2.13. The van der Waals surface area contributed by atoms with Crippen molar-refractivity contribution in [2.45, 2.75) is 69.6 Å². The van der Waals surface area contributed by atoms with Crippen molar-refractivity contribution in [1.29, 1.82) is 0 Å². The van der Waals surface area contributed by atoms with Gasteiger partial charge in [-0.2, -0.15) is 0 Å². The monoisotopic (exact) mass is 554 g/mol. The summed E-state index contributed by atoms with van der Waals surface area (Å²) in [6, 6.07) is 12.7. The molecule has 1 aliphatic rings. The van der Waals surface area contributed by atoms with Crippen LogP contribution in [0.1, 0.15) is 63.8 Å². The molecular formula is C26H32Cl2N2O5S. The van der Waals surface area contributed by atoms with Crippen LogP contribution in [0, 0.1) is 0 Å². The zero-order chi connectivity index (χ0) is 26.8. The second-order valence-corrected chi connectivity index (χ2v) is 13.6.